The molecule has 1 aliphatic carbocycles. The highest BCUT2D eigenvalue weighted by Gasteiger charge is 2.32. The Kier molecular flexibility index (Phi) is 4.42. The molecule has 8 heteroatoms. The number of carbonyl (C=O) groups excluding carboxylic acids is 1. The number of aryl methyl sites for hydroxylation is 2. The van der Waals surface area contributed by atoms with E-state index in [-0.39, 0.29) is 5.97 Å². The fourth-order valence-electron chi connectivity index (χ4n) is 3.16. The first-order valence-corrected chi connectivity index (χ1v) is 9.40. The van der Waals surface area contributed by atoms with E-state index in [1.54, 1.807) is 25.4 Å². The molecule has 0 N–H and O–H groups in total. The number of fused-ring (bicyclic) bond motifs is 3. The molecule has 0 saturated carbocycles. The molecular formula is C18H16ClN3O3S. The molecule has 0 bridgehead atoms. The van der Waals surface area contributed by atoms with Crippen molar-refractivity contribution in [3.63, 3.8) is 0 Å². The van der Waals surface area contributed by atoms with Crippen LogP contribution in [0.5, 0.6) is 10.8 Å². The molecule has 0 unspecified atom stereocenters. The van der Waals surface area contributed by atoms with Crippen LogP contribution in [0.2, 0.25) is 5.02 Å². The van der Waals surface area contributed by atoms with Crippen molar-refractivity contribution >= 4 is 28.9 Å². The van der Waals surface area contributed by atoms with Gasteiger partial charge in [0.2, 0.25) is 0 Å². The van der Waals surface area contributed by atoms with Crippen LogP contribution < -0.4 is 4.74 Å². The van der Waals surface area contributed by atoms with E-state index in [0.717, 1.165) is 35.2 Å². The lowest BCUT2D eigenvalue weighted by atomic mass is 9.91. The Balaban J connectivity index is 1.86. The summed E-state index contributed by atoms with van der Waals surface area (Å²) in [5.41, 5.74) is 3.97. The average Bonchev–Trinajstić information content (AvgIpc) is 3.16. The van der Waals surface area contributed by atoms with Crippen LogP contribution >= 0.6 is 22.9 Å². The molecule has 0 aliphatic heterocycles. The molecule has 0 radical (unpaired) electrons. The summed E-state index contributed by atoms with van der Waals surface area (Å²) < 4.78 is 13.1. The minimum absolute atomic E-state index is 0.321. The number of aromatic nitrogens is 3. The highest BCUT2D eigenvalue weighted by Crippen LogP contribution is 2.48. The second-order valence-corrected chi connectivity index (χ2v) is 7.30. The Labute approximate surface area is 159 Å². The maximum absolute atomic E-state index is 12.4. The first-order valence-electron chi connectivity index (χ1n) is 8.21. The topological polar surface area (TPSA) is 66.2 Å². The third kappa shape index (κ3) is 2.87. The van der Waals surface area contributed by atoms with Crippen LogP contribution in [0.15, 0.2) is 24.7 Å². The van der Waals surface area contributed by atoms with Crippen LogP contribution in [-0.4, -0.2) is 27.3 Å². The Morgan fingerprint density at radius 1 is 1.35 bits per heavy atom. The predicted molar refractivity (Wildman–Crippen MR) is 99.2 cm³/mol. The molecular weight excluding hydrogens is 374 g/mol. The minimum atomic E-state index is -0.321. The molecule has 26 heavy (non-hydrogen) atoms. The average molecular weight is 390 g/mol. The largest absolute Gasteiger partial charge is 0.462 e. The van der Waals surface area contributed by atoms with Crippen LogP contribution in [0.1, 0.15) is 27.7 Å². The molecule has 0 fully saturated rings. The van der Waals surface area contributed by atoms with E-state index in [0.29, 0.717) is 27.3 Å². The highest BCUT2D eigenvalue weighted by atomic mass is 35.5. The Bertz CT molecular complexity index is 996. The lowest BCUT2D eigenvalue weighted by Gasteiger charge is -2.16. The summed E-state index contributed by atoms with van der Waals surface area (Å²) in [6.07, 6.45) is 6.58. The molecule has 3 aromatic rings. The molecule has 134 valence electrons. The molecule has 0 amide bonds. The van der Waals surface area contributed by atoms with Crippen molar-refractivity contribution in [2.45, 2.75) is 19.8 Å². The van der Waals surface area contributed by atoms with Gasteiger partial charge in [-0.3, -0.25) is 9.67 Å². The predicted octanol–water partition coefficient (Wildman–Crippen LogP) is 4.26. The number of esters is 1. The number of ether oxygens (including phenoxy) is 2. The van der Waals surface area contributed by atoms with Gasteiger partial charge in [-0.1, -0.05) is 22.9 Å². The SMILES string of the molecule is CCOC(=O)c1sc(Oc2cncc(Cl)c2)c2c1CCc1cnn(C)c1-2. The van der Waals surface area contributed by atoms with Gasteiger partial charge in [0.1, 0.15) is 10.6 Å². The van der Waals surface area contributed by atoms with Gasteiger partial charge in [-0.2, -0.15) is 5.10 Å². The van der Waals surface area contributed by atoms with Gasteiger partial charge in [-0.15, -0.1) is 0 Å². The fourth-order valence-corrected chi connectivity index (χ4v) is 4.44. The summed E-state index contributed by atoms with van der Waals surface area (Å²) in [5.74, 6) is 0.199. The summed E-state index contributed by atoms with van der Waals surface area (Å²) in [5, 5.41) is 5.47. The Morgan fingerprint density at radius 2 is 2.19 bits per heavy atom. The van der Waals surface area contributed by atoms with Crippen LogP contribution in [0.4, 0.5) is 0 Å². The van der Waals surface area contributed by atoms with Gasteiger partial charge in [-0.25, -0.2) is 4.79 Å². The van der Waals surface area contributed by atoms with Crippen molar-refractivity contribution in [3.8, 4) is 22.1 Å². The monoisotopic (exact) mass is 389 g/mol. The van der Waals surface area contributed by atoms with Crippen molar-refractivity contribution in [2.75, 3.05) is 6.61 Å². The quantitative estimate of drug-likeness (QED) is 0.623. The lowest BCUT2D eigenvalue weighted by molar-refractivity contribution is 0.0531. The zero-order valence-electron chi connectivity index (χ0n) is 14.3. The molecule has 6 nitrogen and oxygen atoms in total. The van der Waals surface area contributed by atoms with Gasteiger partial charge in [0, 0.05) is 19.3 Å². The molecule has 4 rings (SSSR count). The first kappa shape index (κ1) is 17.1. The van der Waals surface area contributed by atoms with Crippen molar-refractivity contribution < 1.29 is 14.3 Å². The fraction of sp³-hybridized carbons (Fsp3) is 0.278. The van der Waals surface area contributed by atoms with E-state index in [4.69, 9.17) is 21.1 Å². The molecule has 0 spiro atoms. The summed E-state index contributed by atoms with van der Waals surface area (Å²) in [6.45, 7) is 2.13. The lowest BCUT2D eigenvalue weighted by Crippen LogP contribution is -2.10. The van der Waals surface area contributed by atoms with Gasteiger partial charge >= 0.3 is 5.97 Å². The van der Waals surface area contributed by atoms with E-state index in [2.05, 4.69) is 10.1 Å². The van der Waals surface area contributed by atoms with Crippen LogP contribution in [0.25, 0.3) is 11.3 Å². The number of rotatable bonds is 4. The zero-order chi connectivity index (χ0) is 18.3. The first-order chi connectivity index (χ1) is 12.6. The second-order valence-electron chi connectivity index (χ2n) is 5.88. The van der Waals surface area contributed by atoms with Gasteiger partial charge in [0.15, 0.2) is 5.06 Å². The van der Waals surface area contributed by atoms with Crippen molar-refractivity contribution in [1.29, 1.82) is 0 Å². The van der Waals surface area contributed by atoms with E-state index in [1.807, 2.05) is 17.9 Å². The number of pyridine rings is 1. The standard InChI is InChI=1S/C18H16ClN3O3S/c1-3-24-17(23)16-13-5-4-10-7-21-22(2)15(10)14(13)18(26-16)25-12-6-11(19)8-20-9-12/h6-9H,3-5H2,1-2H3. The summed E-state index contributed by atoms with van der Waals surface area (Å²) in [6, 6.07) is 1.69. The maximum atomic E-state index is 12.4. The van der Waals surface area contributed by atoms with E-state index in [1.165, 1.54) is 11.3 Å². The number of halogens is 1. The number of nitrogens with zero attached hydrogens (tertiary/aromatic N) is 3. The number of carbonyl (C=O) groups is 1. The Morgan fingerprint density at radius 3 is 2.96 bits per heavy atom. The molecule has 1 aliphatic rings. The number of hydrogen-bond donors (Lipinski definition) is 0. The van der Waals surface area contributed by atoms with Gasteiger partial charge in [-0.05, 0) is 30.9 Å². The van der Waals surface area contributed by atoms with Gasteiger partial charge in [0.25, 0.3) is 0 Å². The molecule has 0 aromatic carbocycles. The minimum Gasteiger partial charge on any atom is -0.462 e. The van der Waals surface area contributed by atoms with Gasteiger partial charge in [0.05, 0.1) is 35.3 Å². The van der Waals surface area contributed by atoms with E-state index < -0.39 is 0 Å². The molecule has 3 heterocycles. The molecule has 3 aromatic heterocycles. The smallest absolute Gasteiger partial charge is 0.348 e. The summed E-state index contributed by atoms with van der Waals surface area (Å²) in [4.78, 5) is 17.1. The van der Waals surface area contributed by atoms with Crippen molar-refractivity contribution in [1.82, 2.24) is 14.8 Å². The van der Waals surface area contributed by atoms with E-state index in [9.17, 15) is 4.79 Å². The van der Waals surface area contributed by atoms with Crippen molar-refractivity contribution in [2.24, 2.45) is 7.05 Å². The van der Waals surface area contributed by atoms with E-state index >= 15 is 0 Å². The number of thiophene rings is 1. The van der Waals surface area contributed by atoms with Gasteiger partial charge < -0.3 is 9.47 Å². The molecule has 0 saturated heterocycles. The summed E-state index contributed by atoms with van der Waals surface area (Å²) >= 11 is 7.30. The summed E-state index contributed by atoms with van der Waals surface area (Å²) in [7, 11) is 1.89. The van der Waals surface area contributed by atoms with Crippen molar-refractivity contribution in [3.05, 3.63) is 45.7 Å². The normalized spacial score (nSPS) is 12.4. The number of hydrogen-bond acceptors (Lipinski definition) is 6. The molecule has 0 atom stereocenters. The third-order valence-corrected chi connectivity index (χ3v) is 5.52. The zero-order valence-corrected chi connectivity index (χ0v) is 15.9. The highest BCUT2D eigenvalue weighted by molar-refractivity contribution is 7.16. The Hall–Kier alpha value is -2.38. The van der Waals surface area contributed by atoms with Crippen LogP contribution in [-0.2, 0) is 24.6 Å². The third-order valence-electron chi connectivity index (χ3n) is 4.22. The van der Waals surface area contributed by atoms with Crippen LogP contribution in [0.3, 0.4) is 0 Å². The maximum Gasteiger partial charge on any atom is 0.348 e. The van der Waals surface area contributed by atoms with Crippen LogP contribution in [0, 0.1) is 0 Å². The second kappa shape index (κ2) is 6.74.